The van der Waals surface area contributed by atoms with Gasteiger partial charge in [0.05, 0.1) is 0 Å². The summed E-state index contributed by atoms with van der Waals surface area (Å²) in [5, 5.41) is 0. The van der Waals surface area contributed by atoms with Crippen LogP contribution in [0, 0.1) is 17.8 Å². The summed E-state index contributed by atoms with van der Waals surface area (Å²) in [6, 6.07) is 0. The van der Waals surface area contributed by atoms with E-state index in [1.807, 2.05) is 0 Å². The second-order valence-electron chi connectivity index (χ2n) is 5.92. The van der Waals surface area contributed by atoms with Crippen LogP contribution in [0.2, 0.25) is 0 Å². The van der Waals surface area contributed by atoms with Crippen molar-refractivity contribution in [1.29, 1.82) is 0 Å². The molecule has 0 bridgehead atoms. The summed E-state index contributed by atoms with van der Waals surface area (Å²) in [4.78, 5) is 0. The normalized spacial score (nSPS) is 17.1. The molecular weight excluding hydrogens is 192 g/mol. The van der Waals surface area contributed by atoms with Crippen molar-refractivity contribution in [2.75, 3.05) is 0 Å². The standard InChI is InChI=1S/C16H34/c1-6-10-14(3)12-8-9-13-16(5)15(4)11-7-2/h14-16H,6-13H2,1-5H3. The molecule has 0 fully saturated rings. The van der Waals surface area contributed by atoms with Crippen molar-refractivity contribution in [2.24, 2.45) is 17.8 Å². The molecule has 98 valence electrons. The van der Waals surface area contributed by atoms with Crippen LogP contribution in [0.4, 0.5) is 0 Å². The van der Waals surface area contributed by atoms with Gasteiger partial charge in [-0.3, -0.25) is 0 Å². The van der Waals surface area contributed by atoms with Crippen LogP contribution in [0.25, 0.3) is 0 Å². The van der Waals surface area contributed by atoms with Gasteiger partial charge in [0, 0.05) is 0 Å². The van der Waals surface area contributed by atoms with Gasteiger partial charge in [0.1, 0.15) is 0 Å². The monoisotopic (exact) mass is 226 g/mol. The first-order chi connectivity index (χ1) is 7.61. The lowest BCUT2D eigenvalue weighted by molar-refractivity contribution is 0.325. The van der Waals surface area contributed by atoms with Gasteiger partial charge in [-0.25, -0.2) is 0 Å². The zero-order valence-corrected chi connectivity index (χ0v) is 12.4. The van der Waals surface area contributed by atoms with E-state index < -0.39 is 0 Å². The molecule has 0 heterocycles. The number of hydrogen-bond donors (Lipinski definition) is 0. The average Bonchev–Trinajstić information content (AvgIpc) is 2.24. The Kier molecular flexibility index (Phi) is 10.2. The van der Waals surface area contributed by atoms with Crippen LogP contribution < -0.4 is 0 Å². The molecule has 0 spiro atoms. The number of rotatable bonds is 10. The first kappa shape index (κ1) is 16.0. The predicted molar refractivity (Wildman–Crippen MR) is 75.8 cm³/mol. The minimum absolute atomic E-state index is 0.929. The first-order valence-corrected chi connectivity index (χ1v) is 7.61. The summed E-state index contributed by atoms with van der Waals surface area (Å²) < 4.78 is 0. The van der Waals surface area contributed by atoms with Crippen molar-refractivity contribution in [3.63, 3.8) is 0 Å². The highest BCUT2D eigenvalue weighted by Gasteiger charge is 2.10. The van der Waals surface area contributed by atoms with E-state index in [0.29, 0.717) is 0 Å². The third-order valence-electron chi connectivity index (χ3n) is 4.10. The molecule has 0 rings (SSSR count). The second-order valence-corrected chi connectivity index (χ2v) is 5.92. The van der Waals surface area contributed by atoms with Crippen molar-refractivity contribution in [3.05, 3.63) is 0 Å². The summed E-state index contributed by atoms with van der Waals surface area (Å²) >= 11 is 0. The molecule has 0 aromatic rings. The molecule has 0 N–H and O–H groups in total. The molecule has 0 saturated heterocycles. The number of hydrogen-bond acceptors (Lipinski definition) is 0. The maximum absolute atomic E-state index is 2.44. The van der Waals surface area contributed by atoms with Crippen LogP contribution in [0.5, 0.6) is 0 Å². The number of unbranched alkanes of at least 4 members (excludes halogenated alkanes) is 1. The van der Waals surface area contributed by atoms with Gasteiger partial charge >= 0.3 is 0 Å². The Morgan fingerprint density at radius 3 is 1.69 bits per heavy atom. The Bertz CT molecular complexity index is 139. The van der Waals surface area contributed by atoms with Crippen LogP contribution in [0.3, 0.4) is 0 Å². The topological polar surface area (TPSA) is 0 Å². The van der Waals surface area contributed by atoms with E-state index in [9.17, 15) is 0 Å². The maximum Gasteiger partial charge on any atom is -0.0417 e. The third-order valence-corrected chi connectivity index (χ3v) is 4.10. The lowest BCUT2D eigenvalue weighted by Gasteiger charge is -2.19. The SMILES string of the molecule is CCCC(C)CCCCC(C)C(C)CCC. The maximum atomic E-state index is 2.44. The quantitative estimate of drug-likeness (QED) is 0.397. The summed E-state index contributed by atoms with van der Waals surface area (Å²) in [5.41, 5.74) is 0. The minimum Gasteiger partial charge on any atom is -0.0654 e. The molecule has 0 aromatic carbocycles. The van der Waals surface area contributed by atoms with Crippen LogP contribution in [-0.4, -0.2) is 0 Å². The van der Waals surface area contributed by atoms with Crippen molar-refractivity contribution in [1.82, 2.24) is 0 Å². The molecule has 0 radical (unpaired) electrons. The Balaban J connectivity index is 3.43. The Morgan fingerprint density at radius 1 is 0.625 bits per heavy atom. The van der Waals surface area contributed by atoms with Crippen molar-refractivity contribution in [2.45, 2.75) is 86.0 Å². The van der Waals surface area contributed by atoms with Crippen LogP contribution >= 0.6 is 0 Å². The molecule has 0 saturated carbocycles. The first-order valence-electron chi connectivity index (χ1n) is 7.61. The van der Waals surface area contributed by atoms with Gasteiger partial charge in [0.25, 0.3) is 0 Å². The fourth-order valence-corrected chi connectivity index (χ4v) is 2.62. The van der Waals surface area contributed by atoms with Gasteiger partial charge in [-0.05, 0) is 17.8 Å². The van der Waals surface area contributed by atoms with Gasteiger partial charge in [0.15, 0.2) is 0 Å². The van der Waals surface area contributed by atoms with E-state index in [4.69, 9.17) is 0 Å². The summed E-state index contributed by atoms with van der Waals surface area (Å²) in [6.45, 7) is 11.9. The molecule has 0 amide bonds. The fourth-order valence-electron chi connectivity index (χ4n) is 2.62. The zero-order valence-electron chi connectivity index (χ0n) is 12.4. The van der Waals surface area contributed by atoms with Crippen LogP contribution in [-0.2, 0) is 0 Å². The van der Waals surface area contributed by atoms with E-state index in [1.165, 1.54) is 51.4 Å². The summed E-state index contributed by atoms with van der Waals surface area (Å²) in [5.74, 6) is 2.81. The Labute approximate surface area is 104 Å². The zero-order chi connectivity index (χ0) is 12.4. The lowest BCUT2D eigenvalue weighted by Crippen LogP contribution is -2.07. The van der Waals surface area contributed by atoms with Crippen molar-refractivity contribution >= 4 is 0 Å². The molecule has 0 heteroatoms. The lowest BCUT2D eigenvalue weighted by atomic mass is 9.87. The van der Waals surface area contributed by atoms with Crippen LogP contribution in [0.15, 0.2) is 0 Å². The molecule has 0 aromatic heterocycles. The highest BCUT2D eigenvalue weighted by atomic mass is 14.2. The molecule has 3 unspecified atom stereocenters. The fraction of sp³-hybridized carbons (Fsp3) is 1.00. The smallest absolute Gasteiger partial charge is 0.0417 e. The predicted octanol–water partition coefficient (Wildman–Crippen LogP) is 6.06. The molecule has 16 heavy (non-hydrogen) atoms. The second kappa shape index (κ2) is 10.2. The third kappa shape index (κ3) is 8.19. The highest BCUT2D eigenvalue weighted by Crippen LogP contribution is 2.23. The molecule has 0 nitrogen and oxygen atoms in total. The van der Waals surface area contributed by atoms with Crippen molar-refractivity contribution < 1.29 is 0 Å². The molecule has 0 aliphatic heterocycles. The van der Waals surface area contributed by atoms with E-state index in [0.717, 1.165) is 17.8 Å². The van der Waals surface area contributed by atoms with Crippen LogP contribution in [0.1, 0.15) is 86.0 Å². The Hall–Kier alpha value is 0. The van der Waals surface area contributed by atoms with E-state index >= 15 is 0 Å². The van der Waals surface area contributed by atoms with E-state index in [-0.39, 0.29) is 0 Å². The minimum atomic E-state index is 0.929. The summed E-state index contributed by atoms with van der Waals surface area (Å²) in [6.07, 6.45) is 11.3. The van der Waals surface area contributed by atoms with Gasteiger partial charge in [-0.15, -0.1) is 0 Å². The molecular formula is C16H34. The average molecular weight is 226 g/mol. The molecule has 0 aliphatic rings. The van der Waals surface area contributed by atoms with Gasteiger partial charge in [-0.2, -0.15) is 0 Å². The molecule has 3 atom stereocenters. The Morgan fingerprint density at radius 2 is 1.12 bits per heavy atom. The highest BCUT2D eigenvalue weighted by molar-refractivity contribution is 4.62. The summed E-state index contributed by atoms with van der Waals surface area (Å²) in [7, 11) is 0. The van der Waals surface area contributed by atoms with E-state index in [2.05, 4.69) is 34.6 Å². The van der Waals surface area contributed by atoms with Gasteiger partial charge < -0.3 is 0 Å². The van der Waals surface area contributed by atoms with E-state index in [1.54, 1.807) is 0 Å². The van der Waals surface area contributed by atoms with Gasteiger partial charge in [-0.1, -0.05) is 86.0 Å². The van der Waals surface area contributed by atoms with Gasteiger partial charge in [0.2, 0.25) is 0 Å². The molecule has 0 aliphatic carbocycles. The van der Waals surface area contributed by atoms with Crippen molar-refractivity contribution in [3.8, 4) is 0 Å². The largest absolute Gasteiger partial charge is 0.0654 e.